The summed E-state index contributed by atoms with van der Waals surface area (Å²) in [5.74, 6) is 0.388. The highest BCUT2D eigenvalue weighted by Gasteiger charge is 2.09. The summed E-state index contributed by atoms with van der Waals surface area (Å²) in [6.45, 7) is 2.76. The van der Waals surface area contributed by atoms with Gasteiger partial charge in [-0.25, -0.2) is 0 Å². The molecule has 0 radical (unpaired) electrons. The zero-order chi connectivity index (χ0) is 15.2. The number of hydrogen-bond acceptors (Lipinski definition) is 2. The zero-order valence-electron chi connectivity index (χ0n) is 11.8. The molecule has 21 heavy (non-hydrogen) atoms. The van der Waals surface area contributed by atoms with Gasteiger partial charge in [-0.05, 0) is 58.7 Å². The molecule has 0 bridgehead atoms. The molecule has 1 atom stereocenters. The van der Waals surface area contributed by atoms with Crippen LogP contribution in [0.15, 0.2) is 48.5 Å². The Hall–Kier alpha value is -1.56. The fourth-order valence-corrected chi connectivity index (χ4v) is 2.44. The molecule has 2 aromatic carbocycles. The van der Waals surface area contributed by atoms with Crippen molar-refractivity contribution in [2.45, 2.75) is 19.3 Å². The molecule has 0 saturated heterocycles. The Morgan fingerprint density at radius 2 is 1.95 bits per heavy atom. The molecule has 0 fully saturated rings. The van der Waals surface area contributed by atoms with Gasteiger partial charge in [0.05, 0.1) is 3.57 Å². The molecule has 1 amide bonds. The van der Waals surface area contributed by atoms with Gasteiger partial charge in [0.25, 0.3) is 5.91 Å². The minimum atomic E-state index is -0.151. The van der Waals surface area contributed by atoms with E-state index in [0.29, 0.717) is 18.0 Å². The molecule has 0 aliphatic carbocycles. The summed E-state index contributed by atoms with van der Waals surface area (Å²) in [7, 11) is 0. The van der Waals surface area contributed by atoms with Crippen molar-refractivity contribution in [1.29, 1.82) is 0 Å². The Balaban J connectivity index is 1.85. The number of phenols is 1. The van der Waals surface area contributed by atoms with E-state index in [4.69, 9.17) is 0 Å². The standard InChI is InChI=1S/C17H18INO2/c1-12(13-5-3-2-4-6-13)9-10-19-17(21)14-7-8-15(18)16(20)11-14/h2-8,11-12,20H,9-10H2,1H3,(H,19,21). The minimum absolute atomic E-state index is 0.140. The Bertz CT molecular complexity index is 613. The SMILES string of the molecule is CC(CCNC(=O)c1ccc(I)c(O)c1)c1ccccc1. The number of rotatable bonds is 5. The monoisotopic (exact) mass is 395 g/mol. The molecule has 110 valence electrons. The summed E-state index contributed by atoms with van der Waals surface area (Å²) in [6, 6.07) is 15.2. The van der Waals surface area contributed by atoms with Crippen LogP contribution in [0.1, 0.15) is 35.2 Å². The van der Waals surface area contributed by atoms with E-state index in [0.717, 1.165) is 9.99 Å². The molecule has 3 nitrogen and oxygen atoms in total. The number of hydrogen-bond donors (Lipinski definition) is 2. The Labute approximate surface area is 138 Å². The summed E-state index contributed by atoms with van der Waals surface area (Å²) < 4.78 is 0.738. The molecule has 0 saturated carbocycles. The fraction of sp³-hybridized carbons (Fsp3) is 0.235. The van der Waals surface area contributed by atoms with E-state index in [9.17, 15) is 9.90 Å². The van der Waals surface area contributed by atoms with Gasteiger partial charge in [0.1, 0.15) is 5.75 Å². The first-order valence-electron chi connectivity index (χ1n) is 6.89. The molecule has 2 aromatic rings. The van der Waals surface area contributed by atoms with Gasteiger partial charge in [-0.15, -0.1) is 0 Å². The number of amides is 1. The van der Waals surface area contributed by atoms with E-state index in [-0.39, 0.29) is 11.7 Å². The molecule has 0 aromatic heterocycles. The average Bonchev–Trinajstić information content (AvgIpc) is 2.50. The van der Waals surface area contributed by atoms with Crippen LogP contribution in [0.3, 0.4) is 0 Å². The second-order valence-corrected chi connectivity index (χ2v) is 6.18. The average molecular weight is 395 g/mol. The van der Waals surface area contributed by atoms with Crippen molar-refractivity contribution in [3.05, 3.63) is 63.2 Å². The quantitative estimate of drug-likeness (QED) is 0.755. The summed E-state index contributed by atoms with van der Waals surface area (Å²) in [5.41, 5.74) is 1.76. The number of carbonyl (C=O) groups excluding carboxylic acids is 1. The van der Waals surface area contributed by atoms with Crippen LogP contribution in [-0.4, -0.2) is 17.6 Å². The lowest BCUT2D eigenvalue weighted by molar-refractivity contribution is 0.0952. The largest absolute Gasteiger partial charge is 0.507 e. The highest BCUT2D eigenvalue weighted by Crippen LogP contribution is 2.21. The van der Waals surface area contributed by atoms with Gasteiger partial charge >= 0.3 is 0 Å². The summed E-state index contributed by atoms with van der Waals surface area (Å²) in [4.78, 5) is 12.0. The maximum atomic E-state index is 12.0. The lowest BCUT2D eigenvalue weighted by atomic mass is 9.98. The normalized spacial score (nSPS) is 11.9. The van der Waals surface area contributed by atoms with Crippen LogP contribution in [0.2, 0.25) is 0 Å². The van der Waals surface area contributed by atoms with Crippen molar-refractivity contribution in [3.63, 3.8) is 0 Å². The summed E-state index contributed by atoms with van der Waals surface area (Å²) in [5, 5.41) is 12.5. The lowest BCUT2D eigenvalue weighted by Gasteiger charge is -2.12. The van der Waals surface area contributed by atoms with Crippen LogP contribution in [0, 0.1) is 3.57 Å². The highest BCUT2D eigenvalue weighted by molar-refractivity contribution is 14.1. The predicted molar refractivity (Wildman–Crippen MR) is 92.6 cm³/mol. The number of benzene rings is 2. The third-order valence-corrected chi connectivity index (χ3v) is 4.35. The zero-order valence-corrected chi connectivity index (χ0v) is 14.0. The van der Waals surface area contributed by atoms with Crippen LogP contribution in [0.4, 0.5) is 0 Å². The molecule has 2 N–H and O–H groups in total. The van der Waals surface area contributed by atoms with E-state index in [2.05, 4.69) is 24.4 Å². The molecule has 2 rings (SSSR count). The molecular weight excluding hydrogens is 377 g/mol. The van der Waals surface area contributed by atoms with Gasteiger partial charge in [-0.2, -0.15) is 0 Å². The van der Waals surface area contributed by atoms with E-state index >= 15 is 0 Å². The Morgan fingerprint density at radius 3 is 2.62 bits per heavy atom. The lowest BCUT2D eigenvalue weighted by Crippen LogP contribution is -2.25. The number of halogens is 1. The van der Waals surface area contributed by atoms with E-state index < -0.39 is 0 Å². The van der Waals surface area contributed by atoms with Crippen molar-refractivity contribution in [2.75, 3.05) is 6.54 Å². The summed E-state index contributed by atoms with van der Waals surface area (Å²) >= 11 is 2.03. The van der Waals surface area contributed by atoms with E-state index in [1.807, 2.05) is 40.8 Å². The first-order chi connectivity index (χ1) is 10.1. The second-order valence-electron chi connectivity index (χ2n) is 5.02. The van der Waals surface area contributed by atoms with Gasteiger partial charge in [0.2, 0.25) is 0 Å². The summed E-state index contributed by atoms with van der Waals surface area (Å²) in [6.07, 6.45) is 0.881. The number of carbonyl (C=O) groups is 1. The van der Waals surface area contributed by atoms with Gasteiger partial charge in [0, 0.05) is 12.1 Å². The van der Waals surface area contributed by atoms with Crippen molar-refractivity contribution in [1.82, 2.24) is 5.32 Å². The van der Waals surface area contributed by atoms with Gasteiger partial charge in [-0.1, -0.05) is 37.3 Å². The maximum absolute atomic E-state index is 12.0. The van der Waals surface area contributed by atoms with Crippen molar-refractivity contribution in [2.24, 2.45) is 0 Å². The van der Waals surface area contributed by atoms with Crippen LogP contribution in [0.5, 0.6) is 5.75 Å². The predicted octanol–water partition coefficient (Wildman–Crippen LogP) is 3.92. The van der Waals surface area contributed by atoms with Crippen LogP contribution in [0.25, 0.3) is 0 Å². The maximum Gasteiger partial charge on any atom is 0.251 e. The third-order valence-electron chi connectivity index (χ3n) is 3.44. The second kappa shape index (κ2) is 7.45. The molecule has 0 heterocycles. The van der Waals surface area contributed by atoms with Crippen molar-refractivity contribution < 1.29 is 9.90 Å². The van der Waals surface area contributed by atoms with E-state index in [1.54, 1.807) is 12.1 Å². The first-order valence-corrected chi connectivity index (χ1v) is 7.97. The van der Waals surface area contributed by atoms with Crippen LogP contribution < -0.4 is 5.32 Å². The Morgan fingerprint density at radius 1 is 1.24 bits per heavy atom. The molecule has 1 unspecified atom stereocenters. The third kappa shape index (κ3) is 4.46. The van der Waals surface area contributed by atoms with Crippen molar-refractivity contribution in [3.8, 4) is 5.75 Å². The molecule has 0 spiro atoms. The van der Waals surface area contributed by atoms with Gasteiger partial charge < -0.3 is 10.4 Å². The molecule has 4 heteroatoms. The number of aromatic hydroxyl groups is 1. The fourth-order valence-electron chi connectivity index (χ4n) is 2.11. The van der Waals surface area contributed by atoms with Gasteiger partial charge in [-0.3, -0.25) is 4.79 Å². The highest BCUT2D eigenvalue weighted by atomic mass is 127. The molecule has 0 aliphatic heterocycles. The molecule has 0 aliphatic rings. The first kappa shape index (κ1) is 15.8. The smallest absolute Gasteiger partial charge is 0.251 e. The topological polar surface area (TPSA) is 49.3 Å². The van der Waals surface area contributed by atoms with Crippen LogP contribution in [-0.2, 0) is 0 Å². The minimum Gasteiger partial charge on any atom is -0.507 e. The number of nitrogens with one attached hydrogen (secondary N) is 1. The molecular formula is C17H18INO2. The van der Waals surface area contributed by atoms with Crippen molar-refractivity contribution >= 4 is 28.5 Å². The van der Waals surface area contributed by atoms with Gasteiger partial charge in [0.15, 0.2) is 0 Å². The number of phenolic OH excluding ortho intramolecular Hbond substituents is 1. The van der Waals surface area contributed by atoms with E-state index in [1.165, 1.54) is 11.6 Å². The Kier molecular flexibility index (Phi) is 5.61. The van der Waals surface area contributed by atoms with Crippen LogP contribution >= 0.6 is 22.6 Å².